The highest BCUT2D eigenvalue weighted by atomic mass is 16.3. The summed E-state index contributed by atoms with van der Waals surface area (Å²) in [6, 6.07) is 8.30. The fourth-order valence-corrected chi connectivity index (χ4v) is 1.79. The molecule has 1 aliphatic heterocycles. The average Bonchev–Trinajstić information content (AvgIpc) is 2.56. The van der Waals surface area contributed by atoms with Crippen LogP contribution in [0.5, 0.6) is 0 Å². The van der Waals surface area contributed by atoms with Crippen molar-refractivity contribution >= 4 is 11.8 Å². The van der Waals surface area contributed by atoms with Crippen LogP contribution in [0.15, 0.2) is 24.3 Å². The van der Waals surface area contributed by atoms with Crippen LogP contribution in [0.1, 0.15) is 27.1 Å². The van der Waals surface area contributed by atoms with E-state index in [0.717, 1.165) is 4.90 Å². The molecule has 17 heavy (non-hydrogen) atoms. The number of hydrogen-bond donors (Lipinski definition) is 1. The molecule has 5 nitrogen and oxygen atoms in total. The summed E-state index contributed by atoms with van der Waals surface area (Å²) in [4.78, 5) is 24.7. The number of aliphatic hydroxyl groups excluding tert-OH is 1. The van der Waals surface area contributed by atoms with E-state index in [0.29, 0.717) is 11.1 Å². The van der Waals surface area contributed by atoms with Gasteiger partial charge in [-0.25, -0.2) is 0 Å². The third-order valence-electron chi connectivity index (χ3n) is 2.60. The summed E-state index contributed by atoms with van der Waals surface area (Å²) < 4.78 is 0. The molecular weight excluding hydrogens is 220 g/mol. The number of nitrogens with zero attached hydrogens (tertiary/aromatic N) is 2. The summed E-state index contributed by atoms with van der Waals surface area (Å²) in [5, 5.41) is 17.9. The maximum atomic E-state index is 11.9. The molecule has 1 aromatic carbocycles. The Labute approximate surface area is 97.9 Å². The van der Waals surface area contributed by atoms with Crippen molar-refractivity contribution < 1.29 is 14.7 Å². The van der Waals surface area contributed by atoms with Gasteiger partial charge in [0.25, 0.3) is 11.8 Å². The summed E-state index contributed by atoms with van der Waals surface area (Å²) in [5.41, 5.74) is 0.698. The highest BCUT2D eigenvalue weighted by Crippen LogP contribution is 2.22. The maximum absolute atomic E-state index is 11.9. The van der Waals surface area contributed by atoms with Crippen LogP contribution in [-0.2, 0) is 0 Å². The van der Waals surface area contributed by atoms with E-state index < -0.39 is 17.9 Å². The lowest BCUT2D eigenvalue weighted by Crippen LogP contribution is -2.36. The molecule has 1 N–H and O–H groups in total. The quantitative estimate of drug-likeness (QED) is 0.769. The molecule has 1 aliphatic rings. The molecule has 86 valence electrons. The van der Waals surface area contributed by atoms with Crippen LogP contribution in [0, 0.1) is 11.3 Å². The minimum Gasteiger partial charge on any atom is -0.390 e. The predicted octanol–water partition coefficient (Wildman–Crippen LogP) is 0.557. The first-order valence-electron chi connectivity index (χ1n) is 5.15. The fraction of sp³-hybridized carbons (Fsp3) is 0.250. The molecule has 0 saturated carbocycles. The fourth-order valence-electron chi connectivity index (χ4n) is 1.79. The Balaban J connectivity index is 2.22. The van der Waals surface area contributed by atoms with Gasteiger partial charge in [-0.1, -0.05) is 12.1 Å². The molecule has 0 bridgehead atoms. The SMILES string of the molecule is N#CC[C@@H](O)CN1C(=O)c2ccccc2C1=O. The minimum absolute atomic E-state index is 0.104. The minimum atomic E-state index is -0.998. The van der Waals surface area contributed by atoms with E-state index >= 15 is 0 Å². The van der Waals surface area contributed by atoms with Crippen LogP contribution in [0.2, 0.25) is 0 Å². The molecule has 0 saturated heterocycles. The number of nitriles is 1. The van der Waals surface area contributed by atoms with Crippen LogP contribution in [-0.4, -0.2) is 34.5 Å². The predicted molar refractivity (Wildman–Crippen MR) is 58.0 cm³/mol. The number of rotatable bonds is 3. The van der Waals surface area contributed by atoms with Gasteiger partial charge in [0, 0.05) is 0 Å². The zero-order chi connectivity index (χ0) is 12.4. The molecule has 0 spiro atoms. The maximum Gasteiger partial charge on any atom is 0.261 e. The van der Waals surface area contributed by atoms with E-state index in [1.54, 1.807) is 30.3 Å². The van der Waals surface area contributed by atoms with Gasteiger partial charge in [0.05, 0.1) is 36.3 Å². The van der Waals surface area contributed by atoms with Gasteiger partial charge >= 0.3 is 0 Å². The molecule has 0 aromatic heterocycles. The number of hydrogen-bond acceptors (Lipinski definition) is 4. The van der Waals surface area contributed by atoms with Gasteiger partial charge in [-0.2, -0.15) is 5.26 Å². The van der Waals surface area contributed by atoms with Crippen molar-refractivity contribution in [1.82, 2.24) is 4.90 Å². The molecule has 1 aromatic rings. The Bertz CT molecular complexity index is 484. The lowest BCUT2D eigenvalue weighted by atomic mass is 10.1. The molecule has 2 rings (SSSR count). The molecule has 1 atom stereocenters. The number of fused-ring (bicyclic) bond motifs is 1. The smallest absolute Gasteiger partial charge is 0.261 e. The molecular formula is C12H10N2O3. The normalized spacial score (nSPS) is 15.6. The van der Waals surface area contributed by atoms with Crippen molar-refractivity contribution in [3.8, 4) is 6.07 Å². The second kappa shape index (κ2) is 4.36. The molecule has 0 unspecified atom stereocenters. The van der Waals surface area contributed by atoms with Crippen LogP contribution < -0.4 is 0 Å². The zero-order valence-corrected chi connectivity index (χ0v) is 8.96. The Hall–Kier alpha value is -2.19. The lowest BCUT2D eigenvalue weighted by molar-refractivity contribution is 0.0549. The summed E-state index contributed by atoms with van der Waals surface area (Å²) in [7, 11) is 0. The van der Waals surface area contributed by atoms with Crippen LogP contribution in [0.3, 0.4) is 0 Å². The largest absolute Gasteiger partial charge is 0.390 e. The Morgan fingerprint density at radius 3 is 2.24 bits per heavy atom. The number of amides is 2. The highest BCUT2D eigenvalue weighted by molar-refractivity contribution is 6.21. The molecule has 0 radical (unpaired) electrons. The van der Waals surface area contributed by atoms with Crippen molar-refractivity contribution in [2.24, 2.45) is 0 Å². The summed E-state index contributed by atoms with van der Waals surface area (Å²) in [6.07, 6.45) is -1.10. The summed E-state index contributed by atoms with van der Waals surface area (Å²) >= 11 is 0. The van der Waals surface area contributed by atoms with Crippen molar-refractivity contribution in [2.45, 2.75) is 12.5 Å². The van der Waals surface area contributed by atoms with Gasteiger partial charge in [-0.05, 0) is 12.1 Å². The number of β-amino-alcohol motifs (C(OH)–C–C–N with tert-alkyl or cyclic N) is 1. The van der Waals surface area contributed by atoms with Crippen molar-refractivity contribution in [1.29, 1.82) is 5.26 Å². The van der Waals surface area contributed by atoms with Crippen molar-refractivity contribution in [3.05, 3.63) is 35.4 Å². The van der Waals surface area contributed by atoms with Gasteiger partial charge in [-0.3, -0.25) is 14.5 Å². The molecule has 1 heterocycles. The number of benzene rings is 1. The first-order chi connectivity index (χ1) is 8.15. The first-order valence-corrected chi connectivity index (χ1v) is 5.15. The van der Waals surface area contributed by atoms with Gasteiger partial charge in [0.2, 0.25) is 0 Å². The number of carbonyl (C=O) groups excluding carboxylic acids is 2. The van der Waals surface area contributed by atoms with E-state index in [1.165, 1.54) is 0 Å². The zero-order valence-electron chi connectivity index (χ0n) is 8.96. The first kappa shape index (κ1) is 11.3. The Kier molecular flexibility index (Phi) is 2.90. The van der Waals surface area contributed by atoms with Gasteiger partial charge in [0.15, 0.2) is 0 Å². The Morgan fingerprint density at radius 1 is 1.24 bits per heavy atom. The molecule has 0 aliphatic carbocycles. The second-order valence-electron chi connectivity index (χ2n) is 3.78. The molecule has 5 heteroatoms. The van der Waals surface area contributed by atoms with E-state index in [9.17, 15) is 14.7 Å². The van der Waals surface area contributed by atoms with Gasteiger partial charge in [-0.15, -0.1) is 0 Å². The lowest BCUT2D eigenvalue weighted by Gasteiger charge is -2.16. The standard InChI is InChI=1S/C12H10N2O3/c13-6-5-8(15)7-14-11(16)9-3-1-2-4-10(9)12(14)17/h1-4,8,15H,5,7H2/t8-/m1/s1. The third-order valence-corrected chi connectivity index (χ3v) is 2.60. The second-order valence-corrected chi connectivity index (χ2v) is 3.78. The van der Waals surface area contributed by atoms with E-state index in [2.05, 4.69) is 0 Å². The van der Waals surface area contributed by atoms with Gasteiger partial charge < -0.3 is 5.11 Å². The van der Waals surface area contributed by atoms with Crippen LogP contribution >= 0.6 is 0 Å². The topological polar surface area (TPSA) is 81.4 Å². The monoisotopic (exact) mass is 230 g/mol. The van der Waals surface area contributed by atoms with Crippen molar-refractivity contribution in [3.63, 3.8) is 0 Å². The van der Waals surface area contributed by atoms with E-state index in [-0.39, 0.29) is 13.0 Å². The summed E-state index contributed by atoms with van der Waals surface area (Å²) in [5.74, 6) is -0.829. The molecule has 0 fully saturated rings. The summed E-state index contributed by atoms with van der Waals surface area (Å²) in [6.45, 7) is -0.139. The number of carbonyl (C=O) groups is 2. The third kappa shape index (κ3) is 1.90. The van der Waals surface area contributed by atoms with Crippen molar-refractivity contribution in [2.75, 3.05) is 6.54 Å². The number of aliphatic hydroxyl groups is 1. The van der Waals surface area contributed by atoms with Crippen LogP contribution in [0.4, 0.5) is 0 Å². The Morgan fingerprint density at radius 2 is 1.76 bits per heavy atom. The molecule has 2 amide bonds. The van der Waals surface area contributed by atoms with E-state index in [1.807, 2.05) is 0 Å². The number of imide groups is 1. The highest BCUT2D eigenvalue weighted by Gasteiger charge is 2.35. The average molecular weight is 230 g/mol. The van der Waals surface area contributed by atoms with E-state index in [4.69, 9.17) is 5.26 Å². The van der Waals surface area contributed by atoms with Gasteiger partial charge in [0.1, 0.15) is 0 Å². The van der Waals surface area contributed by atoms with Crippen LogP contribution in [0.25, 0.3) is 0 Å².